The fourth-order valence-corrected chi connectivity index (χ4v) is 2.83. The molecule has 0 aromatic heterocycles. The molecular weight excluding hydrogens is 160 g/mol. The molecule has 0 aromatic carbocycles. The number of hydrogen-bond acceptors (Lipinski definition) is 2. The average Bonchev–Trinajstić information content (AvgIpc) is 2.43. The molecule has 2 rings (SSSR count). The molecule has 0 saturated carbocycles. The van der Waals surface area contributed by atoms with Gasteiger partial charge >= 0.3 is 0 Å². The fourth-order valence-electron chi connectivity index (χ4n) is 2.83. The highest BCUT2D eigenvalue weighted by molar-refractivity contribution is 4.83. The van der Waals surface area contributed by atoms with Crippen molar-refractivity contribution in [2.75, 3.05) is 19.6 Å². The van der Waals surface area contributed by atoms with Crippen LogP contribution >= 0.6 is 0 Å². The zero-order chi connectivity index (χ0) is 9.10. The molecule has 0 radical (unpaired) electrons. The Labute approximate surface area is 81.7 Å². The molecule has 2 nitrogen and oxygen atoms in total. The molecule has 2 atom stereocenters. The van der Waals surface area contributed by atoms with Crippen LogP contribution in [0.3, 0.4) is 0 Å². The van der Waals surface area contributed by atoms with Crippen molar-refractivity contribution in [2.45, 2.75) is 51.1 Å². The van der Waals surface area contributed by atoms with Crippen LogP contribution in [0.15, 0.2) is 0 Å². The molecule has 13 heavy (non-hydrogen) atoms. The van der Waals surface area contributed by atoms with Crippen LogP contribution in [0.2, 0.25) is 0 Å². The number of nitrogens with zero attached hydrogens (tertiary/aromatic N) is 1. The number of nitrogens with one attached hydrogen (secondary N) is 1. The zero-order valence-electron chi connectivity index (χ0n) is 8.76. The monoisotopic (exact) mass is 182 g/mol. The highest BCUT2D eigenvalue weighted by atomic mass is 15.2. The maximum atomic E-state index is 3.49. The van der Waals surface area contributed by atoms with E-state index < -0.39 is 0 Å². The van der Waals surface area contributed by atoms with Crippen molar-refractivity contribution in [2.24, 2.45) is 0 Å². The lowest BCUT2D eigenvalue weighted by molar-refractivity contribution is 0.176. The third kappa shape index (κ3) is 2.23. The molecule has 2 aliphatic rings. The zero-order valence-corrected chi connectivity index (χ0v) is 8.76. The smallest absolute Gasteiger partial charge is 0.0111 e. The van der Waals surface area contributed by atoms with E-state index in [0.29, 0.717) is 0 Å². The van der Waals surface area contributed by atoms with Gasteiger partial charge in [-0.3, -0.25) is 4.90 Å². The lowest BCUT2D eigenvalue weighted by atomic mass is 10.1. The average molecular weight is 182 g/mol. The molecule has 2 heterocycles. The third-order valence-electron chi connectivity index (χ3n) is 3.62. The third-order valence-corrected chi connectivity index (χ3v) is 3.62. The van der Waals surface area contributed by atoms with Crippen molar-refractivity contribution < 1.29 is 0 Å². The highest BCUT2D eigenvalue weighted by Gasteiger charge is 2.27. The van der Waals surface area contributed by atoms with Crippen LogP contribution in [-0.2, 0) is 0 Å². The molecule has 0 aromatic rings. The van der Waals surface area contributed by atoms with Gasteiger partial charge in [0.2, 0.25) is 0 Å². The molecule has 2 fully saturated rings. The van der Waals surface area contributed by atoms with Crippen LogP contribution in [0.5, 0.6) is 0 Å². The Hall–Kier alpha value is -0.0800. The molecule has 0 amide bonds. The van der Waals surface area contributed by atoms with Gasteiger partial charge in [0.1, 0.15) is 0 Å². The Morgan fingerprint density at radius 1 is 1.08 bits per heavy atom. The van der Waals surface area contributed by atoms with Crippen molar-refractivity contribution in [3.05, 3.63) is 0 Å². The second-order valence-electron chi connectivity index (χ2n) is 4.56. The van der Waals surface area contributed by atoms with Crippen molar-refractivity contribution >= 4 is 0 Å². The highest BCUT2D eigenvalue weighted by Crippen LogP contribution is 2.24. The topological polar surface area (TPSA) is 15.3 Å². The van der Waals surface area contributed by atoms with Crippen molar-refractivity contribution in [3.63, 3.8) is 0 Å². The summed E-state index contributed by atoms with van der Waals surface area (Å²) in [6, 6.07) is 1.73. The molecule has 0 spiro atoms. The molecule has 0 aliphatic carbocycles. The van der Waals surface area contributed by atoms with Crippen molar-refractivity contribution in [1.82, 2.24) is 10.2 Å². The Morgan fingerprint density at radius 2 is 2.00 bits per heavy atom. The summed E-state index contributed by atoms with van der Waals surface area (Å²) < 4.78 is 0. The largest absolute Gasteiger partial charge is 0.317 e. The lowest BCUT2D eigenvalue weighted by Crippen LogP contribution is -2.38. The predicted octanol–water partition coefficient (Wildman–Crippen LogP) is 1.61. The first-order valence-corrected chi connectivity index (χ1v) is 5.84. The van der Waals surface area contributed by atoms with E-state index in [9.17, 15) is 0 Å². The van der Waals surface area contributed by atoms with Gasteiger partial charge in [-0.05, 0) is 58.7 Å². The van der Waals surface area contributed by atoms with Gasteiger partial charge in [-0.15, -0.1) is 0 Å². The molecule has 0 bridgehead atoms. The maximum absolute atomic E-state index is 3.49. The Morgan fingerprint density at radius 3 is 2.77 bits per heavy atom. The Kier molecular flexibility index (Phi) is 3.23. The van der Waals surface area contributed by atoms with Crippen LogP contribution in [-0.4, -0.2) is 36.6 Å². The van der Waals surface area contributed by atoms with Gasteiger partial charge in [0.05, 0.1) is 0 Å². The molecule has 2 unspecified atom stereocenters. The van der Waals surface area contributed by atoms with E-state index in [0.717, 1.165) is 12.1 Å². The summed E-state index contributed by atoms with van der Waals surface area (Å²) in [6.45, 7) is 6.21. The van der Waals surface area contributed by atoms with Gasteiger partial charge in [-0.1, -0.05) is 0 Å². The van der Waals surface area contributed by atoms with Gasteiger partial charge in [0.25, 0.3) is 0 Å². The summed E-state index contributed by atoms with van der Waals surface area (Å²) in [4.78, 5) is 2.74. The second-order valence-corrected chi connectivity index (χ2v) is 4.56. The van der Waals surface area contributed by atoms with Gasteiger partial charge < -0.3 is 5.32 Å². The molecule has 2 heteroatoms. The fraction of sp³-hybridized carbons (Fsp3) is 1.00. The van der Waals surface area contributed by atoms with Crippen LogP contribution < -0.4 is 5.32 Å². The van der Waals surface area contributed by atoms with Gasteiger partial charge in [0, 0.05) is 12.1 Å². The van der Waals surface area contributed by atoms with Crippen molar-refractivity contribution in [1.29, 1.82) is 0 Å². The summed E-state index contributed by atoms with van der Waals surface area (Å²) in [6.07, 6.45) is 6.99. The van der Waals surface area contributed by atoms with E-state index >= 15 is 0 Å². The van der Waals surface area contributed by atoms with E-state index in [1.165, 1.54) is 51.7 Å². The summed E-state index contributed by atoms with van der Waals surface area (Å²) in [5.41, 5.74) is 0. The van der Waals surface area contributed by atoms with Crippen molar-refractivity contribution in [3.8, 4) is 0 Å². The number of likely N-dealkylation sites (tertiary alicyclic amines) is 1. The van der Waals surface area contributed by atoms with E-state index in [2.05, 4.69) is 17.1 Å². The molecular formula is C11H22N2. The SMILES string of the molecule is CC1CCCN1C1CCCNCC1. The molecule has 1 N–H and O–H groups in total. The summed E-state index contributed by atoms with van der Waals surface area (Å²) >= 11 is 0. The minimum Gasteiger partial charge on any atom is -0.317 e. The quantitative estimate of drug-likeness (QED) is 0.663. The van der Waals surface area contributed by atoms with E-state index in [1.807, 2.05) is 0 Å². The van der Waals surface area contributed by atoms with E-state index in [-0.39, 0.29) is 0 Å². The summed E-state index contributed by atoms with van der Waals surface area (Å²) in [5.74, 6) is 0. The van der Waals surface area contributed by atoms with E-state index in [4.69, 9.17) is 0 Å². The standard InChI is InChI=1S/C11H22N2/c1-10-4-3-9-13(10)11-5-2-7-12-8-6-11/h10-12H,2-9H2,1H3. The normalized spacial score (nSPS) is 37.6. The van der Waals surface area contributed by atoms with Gasteiger partial charge in [-0.25, -0.2) is 0 Å². The first-order valence-electron chi connectivity index (χ1n) is 5.84. The minimum absolute atomic E-state index is 0.850. The minimum atomic E-state index is 0.850. The Balaban J connectivity index is 1.89. The van der Waals surface area contributed by atoms with Gasteiger partial charge in [0.15, 0.2) is 0 Å². The first-order chi connectivity index (χ1) is 6.38. The predicted molar refractivity (Wildman–Crippen MR) is 55.9 cm³/mol. The van der Waals surface area contributed by atoms with Crippen LogP contribution in [0.25, 0.3) is 0 Å². The first kappa shape index (κ1) is 9.47. The summed E-state index contributed by atoms with van der Waals surface area (Å²) in [5, 5.41) is 3.49. The second kappa shape index (κ2) is 4.43. The molecule has 2 aliphatic heterocycles. The maximum Gasteiger partial charge on any atom is 0.0111 e. The Bertz CT molecular complexity index is 150. The number of hydrogen-bond donors (Lipinski definition) is 1. The summed E-state index contributed by atoms with van der Waals surface area (Å²) in [7, 11) is 0. The van der Waals surface area contributed by atoms with Crippen LogP contribution in [0, 0.1) is 0 Å². The van der Waals surface area contributed by atoms with E-state index in [1.54, 1.807) is 0 Å². The van der Waals surface area contributed by atoms with Gasteiger partial charge in [-0.2, -0.15) is 0 Å². The molecule has 76 valence electrons. The lowest BCUT2D eigenvalue weighted by Gasteiger charge is -2.30. The van der Waals surface area contributed by atoms with Crippen LogP contribution in [0.1, 0.15) is 39.0 Å². The van der Waals surface area contributed by atoms with Crippen LogP contribution in [0.4, 0.5) is 0 Å². The molecule has 2 saturated heterocycles. The number of rotatable bonds is 1.